The summed E-state index contributed by atoms with van der Waals surface area (Å²) in [4.78, 5) is 5.17. The van der Waals surface area contributed by atoms with Gasteiger partial charge < -0.3 is 9.47 Å². The largest absolute Gasteiger partial charge is 0.469 e. The van der Waals surface area contributed by atoms with Gasteiger partial charge in [-0.2, -0.15) is 0 Å². The summed E-state index contributed by atoms with van der Waals surface area (Å²) in [6, 6.07) is 0. The molecule has 0 bridgehead atoms. The molecular weight excluding hydrogens is 256 g/mol. The molecule has 2 aliphatic heterocycles. The van der Waals surface area contributed by atoms with E-state index >= 15 is 0 Å². The summed E-state index contributed by atoms with van der Waals surface area (Å²) < 4.78 is 12.0. The van der Waals surface area contributed by atoms with Crippen LogP contribution in [0.3, 0.4) is 0 Å². The Balaban J connectivity index is 2.09. The molecule has 2 fully saturated rings. The van der Waals surface area contributed by atoms with Gasteiger partial charge in [0.05, 0.1) is 11.9 Å². The van der Waals surface area contributed by atoms with E-state index in [-0.39, 0.29) is 17.4 Å². The molecule has 1 unspecified atom stereocenters. The quantitative estimate of drug-likeness (QED) is 0.588. The summed E-state index contributed by atoms with van der Waals surface area (Å²) >= 11 is 0. The molecule has 5 atom stereocenters. The van der Waals surface area contributed by atoms with E-state index in [0.717, 1.165) is 24.8 Å². The van der Waals surface area contributed by atoms with Crippen molar-refractivity contribution in [2.24, 2.45) is 17.8 Å². The van der Waals surface area contributed by atoms with Gasteiger partial charge in [-0.05, 0) is 57.9 Å². The summed E-state index contributed by atoms with van der Waals surface area (Å²) in [6.07, 6.45) is 5.41. The van der Waals surface area contributed by atoms with Crippen LogP contribution in [0.15, 0.2) is 11.8 Å². The Morgan fingerprint density at radius 2 is 2.05 bits per heavy atom. The van der Waals surface area contributed by atoms with Crippen LogP contribution in [0.4, 0.5) is 0 Å². The molecule has 20 heavy (non-hydrogen) atoms. The minimum Gasteiger partial charge on any atom is -0.469 e. The Hall–Kier alpha value is -0.580. The predicted molar refractivity (Wildman–Crippen MR) is 74.9 cm³/mol. The molecular formula is C16H26O4. The lowest BCUT2D eigenvalue weighted by Crippen LogP contribution is -2.62. The van der Waals surface area contributed by atoms with Crippen molar-refractivity contribution in [2.45, 2.75) is 70.9 Å². The molecule has 2 heterocycles. The summed E-state index contributed by atoms with van der Waals surface area (Å²) in [6.45, 7) is 8.49. The van der Waals surface area contributed by atoms with Crippen molar-refractivity contribution in [2.75, 3.05) is 0 Å². The lowest BCUT2D eigenvalue weighted by atomic mass is 9.60. The fraction of sp³-hybridized carbons (Fsp3) is 0.875. The highest BCUT2D eigenvalue weighted by Crippen LogP contribution is 2.55. The molecule has 0 aromatic rings. The lowest BCUT2D eigenvalue weighted by Gasteiger charge is -2.53. The van der Waals surface area contributed by atoms with Crippen LogP contribution in [0, 0.1) is 17.8 Å². The zero-order valence-corrected chi connectivity index (χ0v) is 12.9. The molecule has 0 aromatic carbocycles. The van der Waals surface area contributed by atoms with Gasteiger partial charge >= 0.3 is 0 Å². The molecule has 0 spiro atoms. The Morgan fingerprint density at radius 3 is 2.75 bits per heavy atom. The van der Waals surface area contributed by atoms with Crippen LogP contribution in [0.5, 0.6) is 0 Å². The standard InChI is InChI=1S/C16H26O4/c1-10-5-6-12-11(2)9-18-14-16(12,20-17)13(10)7-8-15(3,4)19-14/h9-10,12-14,17H,5-8H2,1-4H3/t10-,12?,13+,14-,16+/m1/s1. The molecule has 0 aromatic heterocycles. The molecule has 3 aliphatic rings. The van der Waals surface area contributed by atoms with Crippen molar-refractivity contribution >= 4 is 0 Å². The minimum absolute atomic E-state index is 0.182. The van der Waals surface area contributed by atoms with Crippen molar-refractivity contribution in [3.63, 3.8) is 0 Å². The van der Waals surface area contributed by atoms with Crippen molar-refractivity contribution in [3.05, 3.63) is 11.8 Å². The van der Waals surface area contributed by atoms with E-state index in [9.17, 15) is 5.26 Å². The van der Waals surface area contributed by atoms with E-state index in [1.54, 1.807) is 6.26 Å². The van der Waals surface area contributed by atoms with Gasteiger partial charge in [-0.25, -0.2) is 4.89 Å². The Bertz CT molecular complexity index is 417. The van der Waals surface area contributed by atoms with Crippen LogP contribution in [0.1, 0.15) is 53.4 Å². The van der Waals surface area contributed by atoms with E-state index < -0.39 is 11.9 Å². The molecule has 3 rings (SSSR count). The topological polar surface area (TPSA) is 47.9 Å². The first-order valence-corrected chi connectivity index (χ1v) is 7.73. The molecule has 4 heteroatoms. The molecule has 1 aliphatic carbocycles. The zero-order chi connectivity index (χ0) is 14.5. The van der Waals surface area contributed by atoms with Crippen LogP contribution in [-0.4, -0.2) is 22.7 Å². The first-order chi connectivity index (χ1) is 9.40. The monoisotopic (exact) mass is 282 g/mol. The lowest BCUT2D eigenvalue weighted by molar-refractivity contribution is -0.417. The van der Waals surface area contributed by atoms with Crippen molar-refractivity contribution in [3.8, 4) is 0 Å². The first-order valence-electron chi connectivity index (χ1n) is 7.73. The third-order valence-electron chi connectivity index (χ3n) is 5.66. The number of hydrogen-bond acceptors (Lipinski definition) is 4. The fourth-order valence-corrected chi connectivity index (χ4v) is 4.50. The summed E-state index contributed by atoms with van der Waals surface area (Å²) in [5.74, 6) is 0.955. The average Bonchev–Trinajstić information content (AvgIpc) is 2.51. The van der Waals surface area contributed by atoms with Gasteiger partial charge in [-0.1, -0.05) is 6.92 Å². The minimum atomic E-state index is -0.746. The number of hydrogen-bond donors (Lipinski definition) is 1. The summed E-state index contributed by atoms with van der Waals surface area (Å²) in [7, 11) is 0. The van der Waals surface area contributed by atoms with Gasteiger partial charge in [0.2, 0.25) is 6.29 Å². The van der Waals surface area contributed by atoms with E-state index in [4.69, 9.17) is 14.4 Å². The van der Waals surface area contributed by atoms with Gasteiger partial charge in [-0.3, -0.25) is 5.26 Å². The first kappa shape index (κ1) is 14.4. The van der Waals surface area contributed by atoms with Gasteiger partial charge in [0.15, 0.2) is 5.60 Å². The second-order valence-corrected chi connectivity index (χ2v) is 7.40. The average molecular weight is 282 g/mol. The van der Waals surface area contributed by atoms with Crippen LogP contribution in [0.2, 0.25) is 0 Å². The smallest absolute Gasteiger partial charge is 0.232 e. The second kappa shape index (κ2) is 4.72. The highest BCUT2D eigenvalue weighted by molar-refractivity contribution is 5.18. The fourth-order valence-electron chi connectivity index (χ4n) is 4.50. The summed E-state index contributed by atoms with van der Waals surface area (Å²) in [5, 5.41) is 9.83. The van der Waals surface area contributed by atoms with Gasteiger partial charge in [0.1, 0.15) is 0 Å². The normalized spacial score (nSPS) is 46.8. The maximum absolute atomic E-state index is 9.83. The maximum atomic E-state index is 9.83. The Labute approximate surface area is 121 Å². The molecule has 0 amide bonds. The van der Waals surface area contributed by atoms with E-state index in [0.29, 0.717) is 5.92 Å². The van der Waals surface area contributed by atoms with Gasteiger partial charge in [0.25, 0.3) is 0 Å². The zero-order valence-electron chi connectivity index (χ0n) is 12.9. The van der Waals surface area contributed by atoms with Crippen molar-refractivity contribution < 1.29 is 19.6 Å². The molecule has 114 valence electrons. The second-order valence-electron chi connectivity index (χ2n) is 7.40. The van der Waals surface area contributed by atoms with Crippen LogP contribution in [-0.2, 0) is 14.4 Å². The Morgan fingerprint density at radius 1 is 1.30 bits per heavy atom. The van der Waals surface area contributed by atoms with Crippen molar-refractivity contribution in [1.29, 1.82) is 0 Å². The molecule has 1 N–H and O–H groups in total. The SMILES string of the molecule is CC1=CO[C@@H]2OC(C)(C)CC[C@H]3[C@H](C)CCC1[C@@]23OO. The number of ether oxygens (including phenoxy) is 2. The van der Waals surface area contributed by atoms with Crippen LogP contribution >= 0.6 is 0 Å². The number of rotatable bonds is 1. The van der Waals surface area contributed by atoms with E-state index in [2.05, 4.69) is 27.7 Å². The van der Waals surface area contributed by atoms with E-state index in [1.165, 1.54) is 6.42 Å². The predicted octanol–water partition coefficient (Wildman–Crippen LogP) is 3.73. The highest BCUT2D eigenvalue weighted by Gasteiger charge is 2.63. The molecule has 1 saturated heterocycles. The van der Waals surface area contributed by atoms with Crippen LogP contribution < -0.4 is 0 Å². The summed E-state index contributed by atoms with van der Waals surface area (Å²) in [5.41, 5.74) is 0.150. The van der Waals surface area contributed by atoms with Gasteiger partial charge in [0, 0.05) is 11.8 Å². The Kier molecular flexibility index (Phi) is 3.39. The molecule has 0 radical (unpaired) electrons. The van der Waals surface area contributed by atoms with E-state index in [1.807, 2.05) is 0 Å². The molecule has 4 nitrogen and oxygen atoms in total. The highest BCUT2D eigenvalue weighted by atomic mass is 17.1. The molecule has 1 saturated carbocycles. The third-order valence-corrected chi connectivity index (χ3v) is 5.66. The third kappa shape index (κ3) is 1.92. The maximum Gasteiger partial charge on any atom is 0.232 e. The van der Waals surface area contributed by atoms with Gasteiger partial charge in [-0.15, -0.1) is 0 Å². The van der Waals surface area contributed by atoms with Crippen LogP contribution in [0.25, 0.3) is 0 Å². The van der Waals surface area contributed by atoms with Crippen molar-refractivity contribution in [1.82, 2.24) is 0 Å².